The van der Waals surface area contributed by atoms with Crippen molar-refractivity contribution in [3.05, 3.63) is 29.8 Å². The lowest BCUT2D eigenvalue weighted by Crippen LogP contribution is -2.37. The van der Waals surface area contributed by atoms with Gasteiger partial charge in [0.1, 0.15) is 21.7 Å². The zero-order valence-corrected chi connectivity index (χ0v) is 12.0. The summed E-state index contributed by atoms with van der Waals surface area (Å²) in [5, 5.41) is 11.9. The summed E-state index contributed by atoms with van der Waals surface area (Å²) < 4.78 is 27.9. The van der Waals surface area contributed by atoms with E-state index < -0.39 is 9.84 Å². The maximum absolute atomic E-state index is 11.3. The molecule has 5 nitrogen and oxygen atoms in total. The third-order valence-electron chi connectivity index (χ3n) is 3.35. The second kappa shape index (κ2) is 6.73. The molecule has 1 aliphatic heterocycles. The predicted molar refractivity (Wildman–Crippen MR) is 76.1 cm³/mol. The van der Waals surface area contributed by atoms with E-state index >= 15 is 0 Å². The number of nitrogens with zero attached hydrogens (tertiary/aromatic N) is 1. The minimum Gasteiger partial charge on any atom is -0.479 e. The third-order valence-corrected chi connectivity index (χ3v) is 5.07. The number of nitriles is 1. The van der Waals surface area contributed by atoms with Crippen LogP contribution in [0.5, 0.6) is 5.75 Å². The van der Waals surface area contributed by atoms with Gasteiger partial charge in [-0.2, -0.15) is 5.26 Å². The second-order valence-corrected chi connectivity index (χ2v) is 7.20. The van der Waals surface area contributed by atoms with E-state index in [1.54, 1.807) is 0 Å². The second-order valence-electron chi connectivity index (χ2n) is 4.90. The minimum atomic E-state index is -2.81. The summed E-state index contributed by atoms with van der Waals surface area (Å²) in [7, 11) is -2.81. The summed E-state index contributed by atoms with van der Waals surface area (Å²) >= 11 is 0. The summed E-state index contributed by atoms with van der Waals surface area (Å²) in [6.45, 7) is 0.714. The van der Waals surface area contributed by atoms with Crippen molar-refractivity contribution in [1.29, 1.82) is 5.26 Å². The Morgan fingerprint density at radius 3 is 2.80 bits per heavy atom. The Hall–Kier alpha value is -1.58. The Bertz CT molecular complexity index is 579. The minimum absolute atomic E-state index is 0.0391. The van der Waals surface area contributed by atoms with Crippen LogP contribution in [0.2, 0.25) is 0 Å². The summed E-state index contributed by atoms with van der Waals surface area (Å²) in [4.78, 5) is 0. The van der Waals surface area contributed by atoms with Crippen molar-refractivity contribution in [2.24, 2.45) is 0 Å². The van der Waals surface area contributed by atoms with Crippen LogP contribution >= 0.6 is 0 Å². The van der Waals surface area contributed by atoms with Crippen LogP contribution < -0.4 is 10.1 Å². The SMILES string of the molecule is N#CCOc1cccc(CNC2CCS(=O)(=O)CC2)c1. The summed E-state index contributed by atoms with van der Waals surface area (Å²) in [6, 6.07) is 9.75. The molecule has 0 saturated carbocycles. The molecule has 1 saturated heterocycles. The van der Waals surface area contributed by atoms with Gasteiger partial charge in [-0.15, -0.1) is 0 Å². The quantitative estimate of drug-likeness (QED) is 0.884. The van der Waals surface area contributed by atoms with Gasteiger partial charge in [-0.3, -0.25) is 0 Å². The molecule has 20 heavy (non-hydrogen) atoms. The van der Waals surface area contributed by atoms with E-state index in [0.717, 1.165) is 5.56 Å². The molecule has 0 amide bonds. The predicted octanol–water partition coefficient (Wildman–Crippen LogP) is 1.26. The van der Waals surface area contributed by atoms with Gasteiger partial charge in [0.2, 0.25) is 0 Å². The molecule has 0 spiro atoms. The van der Waals surface area contributed by atoms with Crippen LogP contribution in [0.4, 0.5) is 0 Å². The number of hydrogen-bond acceptors (Lipinski definition) is 5. The van der Waals surface area contributed by atoms with Gasteiger partial charge in [0.05, 0.1) is 11.5 Å². The van der Waals surface area contributed by atoms with Gasteiger partial charge < -0.3 is 10.1 Å². The van der Waals surface area contributed by atoms with Crippen molar-refractivity contribution < 1.29 is 13.2 Å². The van der Waals surface area contributed by atoms with Crippen molar-refractivity contribution in [2.45, 2.75) is 25.4 Å². The fraction of sp³-hybridized carbons (Fsp3) is 0.500. The molecule has 1 N–H and O–H groups in total. The Balaban J connectivity index is 1.84. The number of ether oxygens (including phenoxy) is 1. The van der Waals surface area contributed by atoms with E-state index in [0.29, 0.717) is 25.1 Å². The highest BCUT2D eigenvalue weighted by atomic mass is 32.2. The molecule has 0 bridgehead atoms. The van der Waals surface area contributed by atoms with Crippen LogP contribution in [0.25, 0.3) is 0 Å². The van der Waals surface area contributed by atoms with Gasteiger partial charge in [0, 0.05) is 12.6 Å². The molecule has 6 heteroatoms. The van der Waals surface area contributed by atoms with Gasteiger partial charge in [-0.25, -0.2) is 8.42 Å². The van der Waals surface area contributed by atoms with E-state index in [1.165, 1.54) is 0 Å². The standard InChI is InChI=1S/C14H18N2O3S/c15-6-7-19-14-3-1-2-12(10-14)11-16-13-4-8-20(17,18)9-5-13/h1-3,10,13,16H,4-5,7-9,11H2. The average Bonchev–Trinajstić information content (AvgIpc) is 2.44. The maximum atomic E-state index is 11.3. The Kier molecular flexibility index (Phi) is 4.99. The molecule has 0 atom stereocenters. The van der Waals surface area contributed by atoms with Crippen molar-refractivity contribution in [2.75, 3.05) is 18.1 Å². The molecule has 1 aromatic carbocycles. The first-order valence-corrected chi connectivity index (χ1v) is 8.44. The Morgan fingerprint density at radius 2 is 2.10 bits per heavy atom. The molecule has 0 radical (unpaired) electrons. The first-order chi connectivity index (χ1) is 9.59. The third kappa shape index (κ3) is 4.51. The van der Waals surface area contributed by atoms with Crippen molar-refractivity contribution in [1.82, 2.24) is 5.32 Å². The summed E-state index contributed by atoms with van der Waals surface area (Å²) in [5.74, 6) is 1.23. The first kappa shape index (κ1) is 14.8. The van der Waals surface area contributed by atoms with Gasteiger partial charge in [0.25, 0.3) is 0 Å². The van der Waals surface area contributed by atoms with Crippen molar-refractivity contribution in [3.63, 3.8) is 0 Å². The molecule has 1 aliphatic rings. The molecule has 1 heterocycles. The number of hydrogen-bond donors (Lipinski definition) is 1. The van der Waals surface area contributed by atoms with Crippen LogP contribution in [0, 0.1) is 11.3 Å². The smallest absolute Gasteiger partial charge is 0.174 e. The number of sulfone groups is 1. The van der Waals surface area contributed by atoms with Crippen LogP contribution in [0.3, 0.4) is 0 Å². The molecule has 1 aromatic rings. The lowest BCUT2D eigenvalue weighted by molar-refractivity contribution is 0.367. The molecular weight excluding hydrogens is 276 g/mol. The van der Waals surface area contributed by atoms with E-state index in [4.69, 9.17) is 10.00 Å². The molecule has 108 valence electrons. The van der Waals surface area contributed by atoms with Crippen LogP contribution in [-0.2, 0) is 16.4 Å². The number of benzene rings is 1. The highest BCUT2D eigenvalue weighted by Gasteiger charge is 2.22. The van der Waals surface area contributed by atoms with Gasteiger partial charge in [-0.05, 0) is 30.5 Å². The largest absolute Gasteiger partial charge is 0.479 e. The van der Waals surface area contributed by atoms with Gasteiger partial charge in [0.15, 0.2) is 6.61 Å². The highest BCUT2D eigenvalue weighted by Crippen LogP contribution is 2.15. The van der Waals surface area contributed by atoms with Gasteiger partial charge in [-0.1, -0.05) is 12.1 Å². The monoisotopic (exact) mass is 294 g/mol. The average molecular weight is 294 g/mol. The van der Waals surface area contributed by atoms with E-state index in [-0.39, 0.29) is 24.2 Å². The zero-order valence-electron chi connectivity index (χ0n) is 11.2. The lowest BCUT2D eigenvalue weighted by Gasteiger charge is -2.23. The van der Waals surface area contributed by atoms with Crippen molar-refractivity contribution in [3.8, 4) is 11.8 Å². The van der Waals surface area contributed by atoms with E-state index in [2.05, 4.69) is 5.32 Å². The summed E-state index contributed by atoms with van der Waals surface area (Å²) in [5.41, 5.74) is 1.06. The van der Waals surface area contributed by atoms with Crippen LogP contribution in [0.15, 0.2) is 24.3 Å². The fourth-order valence-corrected chi connectivity index (χ4v) is 3.71. The van der Waals surface area contributed by atoms with E-state index in [9.17, 15) is 8.42 Å². The van der Waals surface area contributed by atoms with Crippen molar-refractivity contribution >= 4 is 9.84 Å². The Labute approximate surface area is 119 Å². The molecular formula is C14H18N2O3S. The fourth-order valence-electron chi connectivity index (χ4n) is 2.22. The molecule has 0 aromatic heterocycles. The maximum Gasteiger partial charge on any atom is 0.174 e. The zero-order chi connectivity index (χ0) is 14.4. The topological polar surface area (TPSA) is 79.2 Å². The highest BCUT2D eigenvalue weighted by molar-refractivity contribution is 7.91. The molecule has 2 rings (SSSR count). The number of nitrogens with one attached hydrogen (secondary N) is 1. The van der Waals surface area contributed by atoms with Crippen LogP contribution in [-0.4, -0.2) is 32.6 Å². The first-order valence-electron chi connectivity index (χ1n) is 6.61. The normalized spacial score (nSPS) is 18.4. The number of rotatable bonds is 5. The van der Waals surface area contributed by atoms with Gasteiger partial charge >= 0.3 is 0 Å². The Morgan fingerprint density at radius 1 is 1.35 bits per heavy atom. The van der Waals surface area contributed by atoms with E-state index in [1.807, 2.05) is 30.3 Å². The van der Waals surface area contributed by atoms with Crippen LogP contribution in [0.1, 0.15) is 18.4 Å². The molecule has 0 unspecified atom stereocenters. The molecule has 0 aliphatic carbocycles. The molecule has 1 fully saturated rings. The lowest BCUT2D eigenvalue weighted by atomic mass is 10.1. The summed E-state index contributed by atoms with van der Waals surface area (Å²) in [6.07, 6.45) is 1.35.